The van der Waals surface area contributed by atoms with E-state index in [-0.39, 0.29) is 0 Å². The first-order valence-electron chi connectivity index (χ1n) is 15.8. The van der Waals surface area contributed by atoms with E-state index in [1.165, 1.54) is 21.9 Å². The van der Waals surface area contributed by atoms with Gasteiger partial charge in [0.2, 0.25) is 0 Å². The first kappa shape index (κ1) is 27.0. The zero-order chi connectivity index (χ0) is 31.2. The van der Waals surface area contributed by atoms with Crippen molar-refractivity contribution in [3.05, 3.63) is 170 Å². The Morgan fingerprint density at radius 3 is 1.70 bits per heavy atom. The highest BCUT2D eigenvalue weighted by Crippen LogP contribution is 2.47. The van der Waals surface area contributed by atoms with Crippen molar-refractivity contribution in [1.29, 1.82) is 0 Å². The molecule has 0 saturated carbocycles. The average molecular weight is 601 g/mol. The van der Waals surface area contributed by atoms with Crippen molar-refractivity contribution in [2.24, 2.45) is 0 Å². The summed E-state index contributed by atoms with van der Waals surface area (Å²) in [6.07, 6.45) is 0. The maximum atomic E-state index is 6.43. The van der Waals surface area contributed by atoms with Crippen molar-refractivity contribution in [2.45, 2.75) is 0 Å². The van der Waals surface area contributed by atoms with E-state index in [0.29, 0.717) is 5.82 Å². The molecule has 0 radical (unpaired) electrons. The van der Waals surface area contributed by atoms with Gasteiger partial charge >= 0.3 is 0 Å². The number of aromatic nitrogens is 2. The summed E-state index contributed by atoms with van der Waals surface area (Å²) in [5, 5.41) is 2.36. The van der Waals surface area contributed by atoms with Gasteiger partial charge in [0.05, 0.1) is 11.4 Å². The molecule has 1 aliphatic heterocycles. The number of benzene rings is 7. The molecule has 0 fully saturated rings. The fourth-order valence-corrected chi connectivity index (χ4v) is 6.52. The number of nitrogens with zero attached hydrogens (tertiary/aromatic N) is 2. The first-order chi connectivity index (χ1) is 23.3. The molecule has 8 aromatic rings. The fourth-order valence-electron chi connectivity index (χ4n) is 6.52. The lowest BCUT2D eigenvalue weighted by Gasteiger charge is -2.22. The Morgan fingerprint density at radius 2 is 0.915 bits per heavy atom. The summed E-state index contributed by atoms with van der Waals surface area (Å²) < 4.78 is 6.43. The monoisotopic (exact) mass is 600 g/mol. The van der Waals surface area contributed by atoms with Crippen LogP contribution in [-0.2, 0) is 0 Å². The predicted octanol–water partition coefficient (Wildman–Crippen LogP) is 11.7. The van der Waals surface area contributed by atoms with Crippen LogP contribution in [0.1, 0.15) is 0 Å². The Kier molecular flexibility index (Phi) is 6.46. The molecular formula is C44H28N2O. The third-order valence-corrected chi connectivity index (χ3v) is 8.90. The van der Waals surface area contributed by atoms with Gasteiger partial charge in [-0.3, -0.25) is 0 Å². The van der Waals surface area contributed by atoms with Crippen LogP contribution in [0.15, 0.2) is 170 Å². The molecule has 0 saturated heterocycles. The molecule has 47 heavy (non-hydrogen) atoms. The van der Waals surface area contributed by atoms with Crippen LogP contribution in [0.25, 0.3) is 78.1 Å². The van der Waals surface area contributed by atoms with Crippen LogP contribution in [0.2, 0.25) is 0 Å². The highest BCUT2D eigenvalue weighted by Gasteiger charge is 2.20. The van der Waals surface area contributed by atoms with Gasteiger partial charge in [0, 0.05) is 27.6 Å². The van der Waals surface area contributed by atoms with Crippen molar-refractivity contribution in [1.82, 2.24) is 9.97 Å². The second kappa shape index (κ2) is 11.2. The first-order valence-corrected chi connectivity index (χ1v) is 15.8. The van der Waals surface area contributed by atoms with Crippen molar-refractivity contribution >= 4 is 10.8 Å². The summed E-state index contributed by atoms with van der Waals surface area (Å²) in [4.78, 5) is 10.1. The number of hydrogen-bond acceptors (Lipinski definition) is 3. The van der Waals surface area contributed by atoms with Gasteiger partial charge in [-0.15, -0.1) is 0 Å². The maximum absolute atomic E-state index is 6.43. The Bertz CT molecular complexity index is 2410. The summed E-state index contributed by atoms with van der Waals surface area (Å²) in [5.74, 6) is 2.49. The largest absolute Gasteiger partial charge is 0.456 e. The minimum absolute atomic E-state index is 0.703. The molecule has 7 aromatic carbocycles. The van der Waals surface area contributed by atoms with Gasteiger partial charge in [-0.1, -0.05) is 140 Å². The standard InChI is InChI=1S/C44H28N2O/c1-3-10-29(11-4-1)34-16-7-17-36(26-34)40-28-39(45-44(46-40)33-12-5-2-6-13-33)31-22-20-30(21-23-31)35-24-25-37-38-18-8-14-32-15-9-19-41(43(32)38)47-42(37)27-35/h1-28H. The highest BCUT2D eigenvalue weighted by atomic mass is 16.5. The quantitative estimate of drug-likeness (QED) is 0.197. The second-order valence-corrected chi connectivity index (χ2v) is 11.8. The molecular weight excluding hydrogens is 572 g/mol. The molecule has 1 aromatic heterocycles. The van der Waals surface area contributed by atoms with Crippen molar-refractivity contribution in [3.63, 3.8) is 0 Å². The van der Waals surface area contributed by atoms with Crippen molar-refractivity contribution < 1.29 is 4.74 Å². The third kappa shape index (κ3) is 4.95. The lowest BCUT2D eigenvalue weighted by molar-refractivity contribution is 0.487. The van der Waals surface area contributed by atoms with Gasteiger partial charge in [-0.2, -0.15) is 0 Å². The van der Waals surface area contributed by atoms with Crippen LogP contribution in [0.4, 0.5) is 0 Å². The topological polar surface area (TPSA) is 35.0 Å². The molecule has 0 bridgehead atoms. The summed E-state index contributed by atoms with van der Waals surface area (Å²) in [7, 11) is 0. The zero-order valence-corrected chi connectivity index (χ0v) is 25.5. The van der Waals surface area contributed by atoms with E-state index in [1.54, 1.807) is 0 Å². The van der Waals surface area contributed by atoms with E-state index in [0.717, 1.165) is 61.8 Å². The average Bonchev–Trinajstić information content (AvgIpc) is 3.15. The molecule has 0 aliphatic carbocycles. The Hall–Kier alpha value is -6.32. The van der Waals surface area contributed by atoms with Crippen LogP contribution < -0.4 is 4.74 Å². The molecule has 0 atom stereocenters. The molecule has 1 aliphatic rings. The van der Waals surface area contributed by atoms with Gasteiger partial charge in [0.1, 0.15) is 11.5 Å². The molecule has 0 spiro atoms. The molecule has 9 rings (SSSR count). The fraction of sp³-hybridized carbons (Fsp3) is 0. The van der Waals surface area contributed by atoms with Crippen LogP contribution in [0, 0.1) is 0 Å². The number of ether oxygens (including phenoxy) is 1. The zero-order valence-electron chi connectivity index (χ0n) is 25.5. The van der Waals surface area contributed by atoms with Gasteiger partial charge < -0.3 is 4.74 Å². The van der Waals surface area contributed by atoms with Crippen LogP contribution >= 0.6 is 0 Å². The molecule has 3 heteroatoms. The number of hydrogen-bond donors (Lipinski definition) is 0. The summed E-state index contributed by atoms with van der Waals surface area (Å²) >= 11 is 0. The van der Waals surface area contributed by atoms with E-state index >= 15 is 0 Å². The number of rotatable bonds is 5. The Labute approximate surface area is 273 Å². The van der Waals surface area contributed by atoms with E-state index in [1.807, 2.05) is 30.3 Å². The second-order valence-electron chi connectivity index (χ2n) is 11.8. The van der Waals surface area contributed by atoms with Gasteiger partial charge in [-0.05, 0) is 63.5 Å². The smallest absolute Gasteiger partial charge is 0.160 e. The lowest BCUT2D eigenvalue weighted by atomic mass is 9.93. The van der Waals surface area contributed by atoms with Gasteiger partial charge in [0.25, 0.3) is 0 Å². The van der Waals surface area contributed by atoms with E-state index in [2.05, 4.69) is 140 Å². The van der Waals surface area contributed by atoms with Gasteiger partial charge in [0.15, 0.2) is 5.82 Å². The lowest BCUT2D eigenvalue weighted by Crippen LogP contribution is -1.97. The van der Waals surface area contributed by atoms with E-state index < -0.39 is 0 Å². The van der Waals surface area contributed by atoms with Gasteiger partial charge in [-0.25, -0.2) is 9.97 Å². The third-order valence-electron chi connectivity index (χ3n) is 8.90. The van der Waals surface area contributed by atoms with Crippen LogP contribution in [-0.4, -0.2) is 9.97 Å². The minimum atomic E-state index is 0.703. The summed E-state index contributed by atoms with van der Waals surface area (Å²) in [6.45, 7) is 0. The highest BCUT2D eigenvalue weighted by molar-refractivity contribution is 6.04. The Morgan fingerprint density at radius 1 is 0.340 bits per heavy atom. The van der Waals surface area contributed by atoms with Crippen LogP contribution in [0.3, 0.4) is 0 Å². The predicted molar refractivity (Wildman–Crippen MR) is 192 cm³/mol. The van der Waals surface area contributed by atoms with E-state index in [9.17, 15) is 0 Å². The summed E-state index contributed by atoms with van der Waals surface area (Å²) in [6, 6.07) is 59.1. The minimum Gasteiger partial charge on any atom is -0.456 e. The SMILES string of the molecule is c1ccc(-c2cccc(-c3cc(-c4ccc(-c5ccc6c(c5)Oc5cccc7cccc-6c57)cc4)nc(-c4ccccc4)n3)c2)cc1. The molecule has 3 nitrogen and oxygen atoms in total. The van der Waals surface area contributed by atoms with Crippen molar-refractivity contribution in [2.75, 3.05) is 0 Å². The maximum Gasteiger partial charge on any atom is 0.160 e. The molecule has 0 unspecified atom stereocenters. The summed E-state index contributed by atoms with van der Waals surface area (Å²) in [5.41, 5.74) is 11.7. The number of fused-ring (bicyclic) bond motifs is 2. The molecule has 0 amide bonds. The van der Waals surface area contributed by atoms with Crippen molar-refractivity contribution in [3.8, 4) is 78.8 Å². The normalized spacial score (nSPS) is 11.6. The van der Waals surface area contributed by atoms with E-state index in [4.69, 9.17) is 14.7 Å². The van der Waals surface area contributed by atoms with Crippen LogP contribution in [0.5, 0.6) is 11.5 Å². The molecule has 0 N–H and O–H groups in total. The molecule has 220 valence electrons. The molecule has 2 heterocycles. The Balaban J connectivity index is 1.09.